The average molecular weight is 753 g/mol. The molecule has 8 heteroatoms. The van der Waals surface area contributed by atoms with Crippen LogP contribution in [0.4, 0.5) is 15.3 Å². The molecular weight excluding hydrogens is 697 g/mol. The summed E-state index contributed by atoms with van der Waals surface area (Å²) < 4.78 is 10.9. The normalized spacial score (nSPS) is 14.5. The average Bonchev–Trinajstić information content (AvgIpc) is 3.17. The predicted octanol–water partition coefficient (Wildman–Crippen LogP) is 11.5. The SMILES string of the molecule is CC(C)(C)OC(=O)N1CCC(=Cc2cccc(-c3cccc(CN)c3)c2)CC1.[C-]#[N+]c1cccc(-c2cccc(C=C3CCN(C(=O)OC(C)(C)C)CC3)c2)c1. The van der Waals surface area contributed by atoms with Gasteiger partial charge in [-0.2, -0.15) is 0 Å². The van der Waals surface area contributed by atoms with Gasteiger partial charge in [-0.25, -0.2) is 14.4 Å². The molecule has 2 aliphatic heterocycles. The first-order chi connectivity index (χ1) is 26.7. The number of hydrogen-bond acceptors (Lipinski definition) is 5. The second-order valence-electron chi connectivity index (χ2n) is 16.4. The highest BCUT2D eigenvalue weighted by Gasteiger charge is 2.26. The first kappa shape index (κ1) is 41.5. The van der Waals surface area contributed by atoms with Crippen LogP contribution in [0.3, 0.4) is 0 Å². The van der Waals surface area contributed by atoms with Crippen LogP contribution in [-0.4, -0.2) is 59.4 Å². The molecule has 4 aromatic carbocycles. The van der Waals surface area contributed by atoms with Crippen molar-refractivity contribution in [2.75, 3.05) is 26.2 Å². The molecule has 8 nitrogen and oxygen atoms in total. The first-order valence-corrected chi connectivity index (χ1v) is 19.5. The minimum Gasteiger partial charge on any atom is -0.444 e. The van der Waals surface area contributed by atoms with Crippen molar-refractivity contribution in [2.45, 2.75) is 85.0 Å². The van der Waals surface area contributed by atoms with Gasteiger partial charge >= 0.3 is 12.2 Å². The van der Waals surface area contributed by atoms with Gasteiger partial charge in [-0.15, -0.1) is 0 Å². The Morgan fingerprint density at radius 2 is 1.02 bits per heavy atom. The van der Waals surface area contributed by atoms with Crippen molar-refractivity contribution in [2.24, 2.45) is 5.73 Å². The van der Waals surface area contributed by atoms with E-state index >= 15 is 0 Å². The van der Waals surface area contributed by atoms with E-state index in [0.717, 1.165) is 47.9 Å². The van der Waals surface area contributed by atoms with Crippen LogP contribution in [0, 0.1) is 6.57 Å². The number of carbonyl (C=O) groups is 2. The number of ether oxygens (including phenoxy) is 2. The summed E-state index contributed by atoms with van der Waals surface area (Å²) in [7, 11) is 0. The lowest BCUT2D eigenvalue weighted by Crippen LogP contribution is -2.40. The van der Waals surface area contributed by atoms with E-state index in [1.165, 1.54) is 27.8 Å². The highest BCUT2D eigenvalue weighted by molar-refractivity contribution is 5.73. The zero-order valence-corrected chi connectivity index (χ0v) is 33.8. The molecule has 2 amide bonds. The summed E-state index contributed by atoms with van der Waals surface area (Å²) in [5.41, 5.74) is 16.2. The van der Waals surface area contributed by atoms with E-state index in [1.54, 1.807) is 9.80 Å². The van der Waals surface area contributed by atoms with Gasteiger partial charge in [0.1, 0.15) is 11.2 Å². The lowest BCUT2D eigenvalue weighted by atomic mass is 9.98. The van der Waals surface area contributed by atoms with Gasteiger partial charge in [0.05, 0.1) is 6.57 Å². The molecule has 0 saturated carbocycles. The van der Waals surface area contributed by atoms with Gasteiger partial charge in [-0.3, -0.25) is 0 Å². The number of piperidine rings is 2. The quantitative estimate of drug-likeness (QED) is 0.205. The van der Waals surface area contributed by atoms with Gasteiger partial charge in [0.15, 0.2) is 5.69 Å². The van der Waals surface area contributed by atoms with Crippen molar-refractivity contribution in [1.29, 1.82) is 0 Å². The van der Waals surface area contributed by atoms with Crippen LogP contribution in [0.25, 0.3) is 39.3 Å². The highest BCUT2D eigenvalue weighted by Crippen LogP contribution is 2.28. The summed E-state index contributed by atoms with van der Waals surface area (Å²) in [4.78, 5) is 31.5. The predicted molar refractivity (Wildman–Crippen MR) is 228 cm³/mol. The molecule has 4 aromatic rings. The second-order valence-corrected chi connectivity index (χ2v) is 16.4. The number of rotatable bonds is 5. The molecule has 6 rings (SSSR count). The van der Waals surface area contributed by atoms with E-state index in [4.69, 9.17) is 21.8 Å². The Hall–Kier alpha value is -5.65. The fourth-order valence-corrected chi connectivity index (χ4v) is 6.61. The van der Waals surface area contributed by atoms with Crippen molar-refractivity contribution in [3.63, 3.8) is 0 Å². The van der Waals surface area contributed by atoms with Crippen molar-refractivity contribution in [1.82, 2.24) is 9.80 Å². The van der Waals surface area contributed by atoms with Gasteiger partial charge in [-0.05, 0) is 130 Å². The molecule has 2 aliphatic rings. The molecule has 2 fully saturated rings. The van der Waals surface area contributed by atoms with Crippen LogP contribution in [0.5, 0.6) is 0 Å². The number of hydrogen-bond donors (Lipinski definition) is 1. The third kappa shape index (κ3) is 12.7. The molecule has 2 heterocycles. The molecule has 0 aliphatic carbocycles. The lowest BCUT2D eigenvalue weighted by Gasteiger charge is -2.31. The van der Waals surface area contributed by atoms with Gasteiger partial charge < -0.3 is 25.0 Å². The second kappa shape index (κ2) is 18.8. The smallest absolute Gasteiger partial charge is 0.410 e. The summed E-state index contributed by atoms with van der Waals surface area (Å²) in [6, 6.07) is 32.9. The number of carbonyl (C=O) groups excluding carboxylic acids is 2. The van der Waals surface area contributed by atoms with Crippen molar-refractivity contribution in [3.05, 3.63) is 136 Å². The maximum absolute atomic E-state index is 12.2. The molecule has 0 aromatic heterocycles. The number of benzene rings is 4. The van der Waals surface area contributed by atoms with E-state index in [2.05, 4.69) is 77.7 Å². The van der Waals surface area contributed by atoms with E-state index in [1.807, 2.05) is 77.9 Å². The fourth-order valence-electron chi connectivity index (χ4n) is 6.61. The monoisotopic (exact) mass is 752 g/mol. The van der Waals surface area contributed by atoms with Crippen molar-refractivity contribution in [3.8, 4) is 22.3 Å². The van der Waals surface area contributed by atoms with Crippen molar-refractivity contribution >= 4 is 30.0 Å². The molecule has 0 atom stereocenters. The maximum atomic E-state index is 12.2. The number of nitrogens with zero attached hydrogens (tertiary/aromatic N) is 3. The third-order valence-corrected chi connectivity index (χ3v) is 9.43. The molecule has 0 bridgehead atoms. The van der Waals surface area contributed by atoms with Crippen LogP contribution < -0.4 is 5.73 Å². The van der Waals surface area contributed by atoms with E-state index < -0.39 is 11.2 Å². The van der Waals surface area contributed by atoms with Crippen LogP contribution in [0.1, 0.15) is 83.9 Å². The number of likely N-dealkylation sites (tertiary alicyclic amines) is 2. The molecule has 0 unspecified atom stereocenters. The summed E-state index contributed by atoms with van der Waals surface area (Å²) >= 11 is 0. The van der Waals surface area contributed by atoms with Crippen LogP contribution >= 0.6 is 0 Å². The van der Waals surface area contributed by atoms with E-state index in [-0.39, 0.29) is 12.2 Å². The third-order valence-electron chi connectivity index (χ3n) is 9.43. The lowest BCUT2D eigenvalue weighted by molar-refractivity contribution is 0.0226. The summed E-state index contributed by atoms with van der Waals surface area (Å²) in [6.07, 6.45) is 7.50. The Kier molecular flexibility index (Phi) is 13.9. The van der Waals surface area contributed by atoms with Gasteiger partial charge in [0, 0.05) is 32.7 Å². The number of amides is 2. The van der Waals surface area contributed by atoms with Gasteiger partial charge in [0.25, 0.3) is 0 Å². The molecule has 0 radical (unpaired) electrons. The standard InChI is InChI=1S/C24H26N2O2.C24H30N2O2/c1-24(2,3)28-23(27)26-13-11-18(12-14-26)15-19-7-5-8-20(16-19)21-9-6-10-22(17-21)25-4;1-24(2,3)28-23(27)26-12-10-18(11-13-26)14-19-6-4-8-21(15-19)22-9-5-7-20(16-22)17-25/h5-10,15-17H,11-14H2,1-3H3;4-9,14-16H,10-13,17,25H2,1-3H3. The molecule has 292 valence electrons. The zero-order valence-electron chi connectivity index (χ0n) is 33.8. The Labute approximate surface area is 333 Å². The maximum Gasteiger partial charge on any atom is 0.410 e. The van der Waals surface area contributed by atoms with Crippen LogP contribution in [-0.2, 0) is 16.0 Å². The fraction of sp³-hybridized carbons (Fsp3) is 0.354. The van der Waals surface area contributed by atoms with Crippen LogP contribution in [0.2, 0.25) is 0 Å². The summed E-state index contributed by atoms with van der Waals surface area (Å²) in [5, 5.41) is 0. The van der Waals surface area contributed by atoms with Crippen molar-refractivity contribution < 1.29 is 19.1 Å². The minimum absolute atomic E-state index is 0.215. The van der Waals surface area contributed by atoms with E-state index in [0.29, 0.717) is 38.4 Å². The summed E-state index contributed by atoms with van der Waals surface area (Å²) in [6.45, 7) is 21.9. The first-order valence-electron chi connectivity index (χ1n) is 19.5. The molecule has 2 N–H and O–H groups in total. The summed E-state index contributed by atoms with van der Waals surface area (Å²) in [5.74, 6) is 0. The Bertz CT molecular complexity index is 2080. The highest BCUT2D eigenvalue weighted by atomic mass is 16.6. The number of nitrogens with two attached hydrogens (primary N) is 1. The van der Waals surface area contributed by atoms with Gasteiger partial charge in [-0.1, -0.05) is 96.1 Å². The van der Waals surface area contributed by atoms with E-state index in [9.17, 15) is 9.59 Å². The topological polar surface area (TPSA) is 89.5 Å². The molecule has 0 spiro atoms. The molecule has 56 heavy (non-hydrogen) atoms. The Morgan fingerprint density at radius 3 is 1.43 bits per heavy atom. The molecule has 2 saturated heterocycles. The zero-order chi connectivity index (χ0) is 40.3. The Morgan fingerprint density at radius 1 is 0.625 bits per heavy atom. The van der Waals surface area contributed by atoms with Gasteiger partial charge in [0.2, 0.25) is 0 Å². The van der Waals surface area contributed by atoms with Crippen LogP contribution in [0.15, 0.2) is 108 Å². The Balaban J connectivity index is 0.000000214. The minimum atomic E-state index is -0.460. The largest absolute Gasteiger partial charge is 0.444 e. The molecular formula is C48H56N4O4.